The van der Waals surface area contributed by atoms with Gasteiger partial charge in [0.15, 0.2) is 0 Å². The molecule has 2 N–H and O–H groups in total. The standard InChI is InChI=1S/C22H24ClN3O3/c1-13(2)15-6-8-16(9-7-15)22(4)20(28)26(21(29)25-22)12-19(27)24-17-10-5-14(3)18(23)11-17/h5-11,13H,12H2,1-4H3,(H,24,27)(H,25,29)/t22-/m0/s1. The van der Waals surface area contributed by atoms with Gasteiger partial charge in [-0.05, 0) is 48.6 Å². The van der Waals surface area contributed by atoms with Crippen molar-refractivity contribution in [2.24, 2.45) is 0 Å². The lowest BCUT2D eigenvalue weighted by atomic mass is 9.90. The molecule has 2 aromatic carbocycles. The molecule has 1 fully saturated rings. The Morgan fingerprint density at radius 3 is 2.41 bits per heavy atom. The maximum Gasteiger partial charge on any atom is 0.325 e. The van der Waals surface area contributed by atoms with Crippen molar-refractivity contribution in [1.82, 2.24) is 10.2 Å². The van der Waals surface area contributed by atoms with Gasteiger partial charge in [0.05, 0.1) is 0 Å². The van der Waals surface area contributed by atoms with Gasteiger partial charge in [-0.15, -0.1) is 0 Å². The molecule has 1 atom stereocenters. The van der Waals surface area contributed by atoms with E-state index in [1.165, 1.54) is 0 Å². The Morgan fingerprint density at radius 1 is 1.17 bits per heavy atom. The molecule has 1 aliphatic rings. The zero-order valence-corrected chi connectivity index (χ0v) is 17.6. The van der Waals surface area contributed by atoms with Gasteiger partial charge in [0.25, 0.3) is 5.91 Å². The minimum absolute atomic E-state index is 0.362. The van der Waals surface area contributed by atoms with Gasteiger partial charge in [0, 0.05) is 10.7 Å². The topological polar surface area (TPSA) is 78.5 Å². The lowest BCUT2D eigenvalue weighted by molar-refractivity contribution is -0.133. The number of halogens is 1. The van der Waals surface area contributed by atoms with Crippen molar-refractivity contribution in [2.75, 3.05) is 11.9 Å². The first-order valence-electron chi connectivity index (χ1n) is 9.42. The summed E-state index contributed by atoms with van der Waals surface area (Å²) in [5.74, 6) is -0.578. The van der Waals surface area contributed by atoms with E-state index in [0.29, 0.717) is 22.2 Å². The van der Waals surface area contributed by atoms with E-state index in [9.17, 15) is 14.4 Å². The Hall–Kier alpha value is -2.86. The third-order valence-corrected chi connectivity index (χ3v) is 5.59. The van der Waals surface area contributed by atoms with Crippen LogP contribution in [0.4, 0.5) is 10.5 Å². The average Bonchev–Trinajstić information content (AvgIpc) is 2.89. The third-order valence-electron chi connectivity index (χ3n) is 5.19. The molecular formula is C22H24ClN3O3. The maximum absolute atomic E-state index is 13.0. The molecule has 6 nitrogen and oxygen atoms in total. The first-order chi connectivity index (χ1) is 13.6. The summed E-state index contributed by atoms with van der Waals surface area (Å²) in [6.07, 6.45) is 0. The minimum atomic E-state index is -1.21. The number of hydrogen-bond acceptors (Lipinski definition) is 3. The summed E-state index contributed by atoms with van der Waals surface area (Å²) < 4.78 is 0. The number of benzene rings is 2. The number of carbonyl (C=O) groups is 3. The van der Waals surface area contributed by atoms with Crippen LogP contribution in [0.25, 0.3) is 0 Å². The molecule has 0 radical (unpaired) electrons. The van der Waals surface area contributed by atoms with Crippen LogP contribution in [0.15, 0.2) is 42.5 Å². The molecule has 0 aromatic heterocycles. The Bertz CT molecular complexity index is 972. The molecule has 1 aliphatic heterocycles. The molecular weight excluding hydrogens is 390 g/mol. The minimum Gasteiger partial charge on any atom is -0.324 e. The molecule has 29 heavy (non-hydrogen) atoms. The number of aryl methyl sites for hydroxylation is 1. The fraction of sp³-hybridized carbons (Fsp3) is 0.318. The molecule has 0 spiro atoms. The van der Waals surface area contributed by atoms with E-state index in [4.69, 9.17) is 11.6 Å². The second-order valence-corrected chi connectivity index (χ2v) is 8.14. The number of anilines is 1. The average molecular weight is 414 g/mol. The summed E-state index contributed by atoms with van der Waals surface area (Å²) in [4.78, 5) is 38.7. The molecule has 2 aromatic rings. The highest BCUT2D eigenvalue weighted by Crippen LogP contribution is 2.30. The van der Waals surface area contributed by atoms with E-state index in [1.807, 2.05) is 31.2 Å². The van der Waals surface area contributed by atoms with E-state index in [1.54, 1.807) is 25.1 Å². The van der Waals surface area contributed by atoms with Crippen LogP contribution in [0.5, 0.6) is 0 Å². The molecule has 0 unspecified atom stereocenters. The van der Waals surface area contributed by atoms with E-state index < -0.39 is 23.4 Å². The zero-order valence-electron chi connectivity index (χ0n) is 16.9. The smallest absolute Gasteiger partial charge is 0.324 e. The first-order valence-corrected chi connectivity index (χ1v) is 9.80. The van der Waals surface area contributed by atoms with E-state index >= 15 is 0 Å². The van der Waals surface area contributed by atoms with Crippen LogP contribution in [0.1, 0.15) is 43.4 Å². The van der Waals surface area contributed by atoms with Crippen molar-refractivity contribution in [3.8, 4) is 0 Å². The fourth-order valence-electron chi connectivity index (χ4n) is 3.25. The third kappa shape index (κ3) is 4.12. The number of carbonyl (C=O) groups excluding carboxylic acids is 3. The normalized spacial score (nSPS) is 18.9. The predicted octanol–water partition coefficient (Wildman–Crippen LogP) is 4.18. The van der Waals surface area contributed by atoms with E-state index in [0.717, 1.165) is 16.0 Å². The Labute approximate surface area is 175 Å². The van der Waals surface area contributed by atoms with Gasteiger partial charge in [0.1, 0.15) is 12.1 Å². The SMILES string of the molecule is Cc1ccc(NC(=O)CN2C(=O)N[C@@](C)(c3ccc(C(C)C)cc3)C2=O)cc1Cl. The fourth-order valence-corrected chi connectivity index (χ4v) is 3.43. The van der Waals surface area contributed by atoms with Gasteiger partial charge in [-0.2, -0.15) is 0 Å². The lowest BCUT2D eigenvalue weighted by Gasteiger charge is -2.22. The van der Waals surface area contributed by atoms with Gasteiger partial charge < -0.3 is 10.6 Å². The second kappa shape index (κ2) is 7.87. The number of nitrogens with one attached hydrogen (secondary N) is 2. The number of hydrogen-bond donors (Lipinski definition) is 2. The number of imide groups is 1. The summed E-state index contributed by atoms with van der Waals surface area (Å²) in [7, 11) is 0. The van der Waals surface area contributed by atoms with E-state index in [2.05, 4.69) is 24.5 Å². The van der Waals surface area contributed by atoms with Crippen molar-refractivity contribution in [3.63, 3.8) is 0 Å². The van der Waals surface area contributed by atoms with Gasteiger partial charge >= 0.3 is 6.03 Å². The van der Waals surface area contributed by atoms with Gasteiger partial charge in [-0.1, -0.05) is 55.8 Å². The van der Waals surface area contributed by atoms with Crippen LogP contribution in [-0.2, 0) is 15.1 Å². The van der Waals surface area contributed by atoms with Crippen LogP contribution >= 0.6 is 11.6 Å². The van der Waals surface area contributed by atoms with Crippen LogP contribution in [0, 0.1) is 6.92 Å². The molecule has 1 heterocycles. The first kappa shape index (κ1) is 20.9. The second-order valence-electron chi connectivity index (χ2n) is 7.74. The number of nitrogens with zero attached hydrogens (tertiary/aromatic N) is 1. The molecule has 0 aliphatic carbocycles. The number of rotatable bonds is 5. The van der Waals surface area contributed by atoms with Crippen molar-refractivity contribution < 1.29 is 14.4 Å². The van der Waals surface area contributed by atoms with Crippen LogP contribution in [0.3, 0.4) is 0 Å². The molecule has 0 bridgehead atoms. The predicted molar refractivity (Wildman–Crippen MR) is 113 cm³/mol. The summed E-state index contributed by atoms with van der Waals surface area (Å²) in [6.45, 7) is 7.29. The summed E-state index contributed by atoms with van der Waals surface area (Å²) in [6, 6.07) is 12.1. The molecule has 1 saturated heterocycles. The van der Waals surface area contributed by atoms with Gasteiger partial charge in [0.2, 0.25) is 5.91 Å². The highest BCUT2D eigenvalue weighted by molar-refractivity contribution is 6.31. The van der Waals surface area contributed by atoms with Crippen molar-refractivity contribution >= 4 is 35.1 Å². The monoisotopic (exact) mass is 413 g/mol. The lowest BCUT2D eigenvalue weighted by Crippen LogP contribution is -2.42. The maximum atomic E-state index is 13.0. The highest BCUT2D eigenvalue weighted by atomic mass is 35.5. The Kier molecular flexibility index (Phi) is 5.66. The Balaban J connectivity index is 1.74. The highest BCUT2D eigenvalue weighted by Gasteiger charge is 2.49. The molecule has 3 rings (SSSR count). The van der Waals surface area contributed by atoms with Crippen LogP contribution in [0.2, 0.25) is 5.02 Å². The van der Waals surface area contributed by atoms with Gasteiger partial charge in [-0.25, -0.2) is 4.79 Å². The number of amides is 4. The quantitative estimate of drug-likeness (QED) is 0.722. The largest absolute Gasteiger partial charge is 0.325 e. The zero-order chi connectivity index (χ0) is 21.3. The van der Waals surface area contributed by atoms with Crippen LogP contribution in [-0.4, -0.2) is 29.3 Å². The van der Waals surface area contributed by atoms with Crippen molar-refractivity contribution in [1.29, 1.82) is 0 Å². The van der Waals surface area contributed by atoms with Crippen molar-refractivity contribution in [3.05, 3.63) is 64.2 Å². The number of urea groups is 1. The summed E-state index contributed by atoms with van der Waals surface area (Å²) in [5.41, 5.74) is 2.00. The van der Waals surface area contributed by atoms with Gasteiger partial charge in [-0.3, -0.25) is 14.5 Å². The van der Waals surface area contributed by atoms with E-state index in [-0.39, 0.29) is 6.54 Å². The molecule has 7 heteroatoms. The molecule has 152 valence electrons. The van der Waals surface area contributed by atoms with Crippen molar-refractivity contribution in [2.45, 2.75) is 39.2 Å². The summed E-state index contributed by atoms with van der Waals surface area (Å²) in [5, 5.41) is 5.91. The molecule has 0 saturated carbocycles. The van der Waals surface area contributed by atoms with Crippen LogP contribution < -0.4 is 10.6 Å². The Morgan fingerprint density at radius 2 is 1.83 bits per heavy atom. The summed E-state index contributed by atoms with van der Waals surface area (Å²) >= 11 is 6.07. The molecule has 4 amide bonds.